The van der Waals surface area contributed by atoms with Gasteiger partial charge in [-0.1, -0.05) is 37.6 Å². The number of fused-ring (bicyclic) bond motifs is 1. The van der Waals surface area contributed by atoms with Gasteiger partial charge < -0.3 is 9.73 Å². The van der Waals surface area contributed by atoms with Crippen LogP contribution < -0.4 is 10.6 Å². The fraction of sp³-hybridized carbons (Fsp3) is 0.192. The molecule has 0 unspecified atom stereocenters. The third-order valence-corrected chi connectivity index (χ3v) is 6.26. The van der Waals surface area contributed by atoms with E-state index in [1.54, 1.807) is 18.2 Å². The summed E-state index contributed by atoms with van der Waals surface area (Å²) in [6, 6.07) is 18.8. The molecule has 3 aromatic carbocycles. The summed E-state index contributed by atoms with van der Waals surface area (Å²) in [5, 5.41) is 6.41. The molecule has 2 N–H and O–H groups in total. The Hall–Kier alpha value is -3.22. The first-order valence-electron chi connectivity index (χ1n) is 10.7. The first-order chi connectivity index (χ1) is 15.8. The number of thiocarbonyl (C=S) groups is 1. The lowest BCUT2D eigenvalue weighted by Gasteiger charge is -2.10. The molecule has 7 heteroatoms. The summed E-state index contributed by atoms with van der Waals surface area (Å²) in [6.07, 6.45) is 1.08. The average Bonchev–Trinajstić information content (AvgIpc) is 3.24. The van der Waals surface area contributed by atoms with Gasteiger partial charge >= 0.3 is 0 Å². The Morgan fingerprint density at radius 1 is 1.12 bits per heavy atom. The molecule has 4 aromatic rings. The second-order valence-electron chi connectivity index (χ2n) is 8.01. The minimum absolute atomic E-state index is 0.198. The quantitative estimate of drug-likeness (QED) is 0.300. The Balaban J connectivity index is 1.43. The molecule has 0 aliphatic rings. The number of aryl methyl sites for hydroxylation is 1. The molecule has 0 aliphatic heterocycles. The van der Waals surface area contributed by atoms with E-state index in [4.69, 9.17) is 28.2 Å². The fourth-order valence-corrected chi connectivity index (χ4v) is 3.77. The largest absolute Gasteiger partial charge is 0.436 e. The molecule has 1 atom stereocenters. The highest BCUT2D eigenvalue weighted by atomic mass is 35.5. The maximum Gasteiger partial charge on any atom is 0.257 e. The Labute approximate surface area is 203 Å². The number of aromatic nitrogens is 1. The van der Waals surface area contributed by atoms with Gasteiger partial charge in [-0.3, -0.25) is 10.1 Å². The van der Waals surface area contributed by atoms with Crippen LogP contribution in [0.3, 0.4) is 0 Å². The number of rotatable bonds is 5. The monoisotopic (exact) mass is 477 g/mol. The van der Waals surface area contributed by atoms with Crippen molar-refractivity contribution in [3.8, 4) is 11.5 Å². The number of amides is 1. The van der Waals surface area contributed by atoms with Crippen molar-refractivity contribution in [2.75, 3.05) is 5.32 Å². The molecule has 168 valence electrons. The van der Waals surface area contributed by atoms with Crippen molar-refractivity contribution in [2.24, 2.45) is 0 Å². The number of carbonyl (C=O) groups excluding carboxylic acids is 1. The molecule has 0 fully saturated rings. The summed E-state index contributed by atoms with van der Waals surface area (Å²) in [5.41, 5.74) is 5.81. The van der Waals surface area contributed by atoms with Gasteiger partial charge in [-0.25, -0.2) is 4.98 Å². The summed E-state index contributed by atoms with van der Waals surface area (Å²) in [5.74, 6) is 0.714. The van der Waals surface area contributed by atoms with Gasteiger partial charge in [0.1, 0.15) is 5.52 Å². The van der Waals surface area contributed by atoms with Crippen LogP contribution in [-0.2, 0) is 0 Å². The summed E-state index contributed by atoms with van der Waals surface area (Å²) in [7, 11) is 0. The smallest absolute Gasteiger partial charge is 0.257 e. The van der Waals surface area contributed by atoms with E-state index in [0.717, 1.165) is 34.3 Å². The van der Waals surface area contributed by atoms with Crippen LogP contribution in [0.2, 0.25) is 5.02 Å². The molecule has 0 spiro atoms. The summed E-state index contributed by atoms with van der Waals surface area (Å²) in [6.45, 7) is 6.26. The van der Waals surface area contributed by atoms with Gasteiger partial charge in [0.25, 0.3) is 5.91 Å². The highest BCUT2D eigenvalue weighted by Gasteiger charge is 2.12. The molecule has 1 aromatic heterocycles. The number of nitrogens with zero attached hydrogens (tertiary/aromatic N) is 1. The number of anilines is 1. The van der Waals surface area contributed by atoms with Crippen LogP contribution in [0, 0.1) is 6.92 Å². The van der Waals surface area contributed by atoms with Crippen LogP contribution in [0.5, 0.6) is 0 Å². The van der Waals surface area contributed by atoms with Crippen molar-refractivity contribution in [2.45, 2.75) is 33.1 Å². The maximum atomic E-state index is 12.4. The van der Waals surface area contributed by atoms with Crippen molar-refractivity contribution in [3.05, 3.63) is 82.4 Å². The SMILES string of the molecule is CC[C@@H](C)c1ccc2oc(-c3ccc(NC(=S)NC(=O)c4ccc(C)c(Cl)c4)cc3)nc2c1. The van der Waals surface area contributed by atoms with E-state index in [1.807, 2.05) is 37.3 Å². The molecule has 0 aliphatic carbocycles. The van der Waals surface area contributed by atoms with Gasteiger partial charge in [-0.2, -0.15) is 0 Å². The number of hydrogen-bond donors (Lipinski definition) is 2. The molecule has 33 heavy (non-hydrogen) atoms. The van der Waals surface area contributed by atoms with Crippen LogP contribution in [-0.4, -0.2) is 16.0 Å². The van der Waals surface area contributed by atoms with E-state index in [1.165, 1.54) is 5.56 Å². The standard InChI is InChI=1S/C26H24ClN3O2S/c1-4-15(2)18-9-12-23-22(14-18)29-25(32-23)17-7-10-20(11-8-17)28-26(33)30-24(31)19-6-5-16(3)21(27)13-19/h5-15H,4H2,1-3H3,(H2,28,30,31,33)/t15-/m1/s1. The Kier molecular flexibility index (Phi) is 6.77. The van der Waals surface area contributed by atoms with Crippen molar-refractivity contribution < 1.29 is 9.21 Å². The molecular weight excluding hydrogens is 454 g/mol. The Morgan fingerprint density at radius 3 is 2.58 bits per heavy atom. The van der Waals surface area contributed by atoms with Crippen LogP contribution in [0.15, 0.2) is 65.1 Å². The Morgan fingerprint density at radius 2 is 1.88 bits per heavy atom. The third-order valence-electron chi connectivity index (χ3n) is 5.64. The molecule has 4 rings (SSSR count). The zero-order valence-corrected chi connectivity index (χ0v) is 20.2. The summed E-state index contributed by atoms with van der Waals surface area (Å²) in [4.78, 5) is 17.1. The first kappa shape index (κ1) is 23.0. The van der Waals surface area contributed by atoms with Crippen molar-refractivity contribution in [3.63, 3.8) is 0 Å². The van der Waals surface area contributed by atoms with E-state index in [2.05, 4.69) is 41.6 Å². The number of hydrogen-bond acceptors (Lipinski definition) is 4. The van der Waals surface area contributed by atoms with Crippen LogP contribution in [0.4, 0.5) is 5.69 Å². The van der Waals surface area contributed by atoms with E-state index in [-0.39, 0.29) is 11.0 Å². The van der Waals surface area contributed by atoms with Crippen molar-refractivity contribution in [1.82, 2.24) is 10.3 Å². The zero-order chi connectivity index (χ0) is 23.5. The maximum absolute atomic E-state index is 12.4. The van der Waals surface area contributed by atoms with E-state index >= 15 is 0 Å². The minimum atomic E-state index is -0.325. The molecule has 0 radical (unpaired) electrons. The second kappa shape index (κ2) is 9.73. The van der Waals surface area contributed by atoms with Gasteiger partial charge in [0.15, 0.2) is 10.7 Å². The van der Waals surface area contributed by atoms with Crippen LogP contribution in [0.1, 0.15) is 47.7 Å². The topological polar surface area (TPSA) is 67.2 Å². The lowest BCUT2D eigenvalue weighted by atomic mass is 9.98. The number of halogens is 1. The number of nitrogens with one attached hydrogen (secondary N) is 2. The average molecular weight is 478 g/mol. The third kappa shape index (κ3) is 5.24. The summed E-state index contributed by atoms with van der Waals surface area (Å²) >= 11 is 11.4. The van der Waals surface area contributed by atoms with E-state index in [9.17, 15) is 4.79 Å². The summed E-state index contributed by atoms with van der Waals surface area (Å²) < 4.78 is 5.94. The number of benzene rings is 3. The molecule has 0 saturated carbocycles. The van der Waals surface area contributed by atoms with Gasteiger partial charge in [0.2, 0.25) is 5.89 Å². The fourth-order valence-electron chi connectivity index (χ4n) is 3.38. The molecule has 0 bridgehead atoms. The minimum Gasteiger partial charge on any atom is -0.436 e. The predicted molar refractivity (Wildman–Crippen MR) is 138 cm³/mol. The van der Waals surface area contributed by atoms with Crippen LogP contribution in [0.25, 0.3) is 22.6 Å². The lowest BCUT2D eigenvalue weighted by Crippen LogP contribution is -2.34. The van der Waals surface area contributed by atoms with Gasteiger partial charge in [-0.15, -0.1) is 0 Å². The van der Waals surface area contributed by atoms with Crippen molar-refractivity contribution >= 4 is 51.6 Å². The molecule has 1 amide bonds. The first-order valence-corrected chi connectivity index (χ1v) is 11.5. The molecular formula is C26H24ClN3O2S. The second-order valence-corrected chi connectivity index (χ2v) is 8.82. The normalized spacial score (nSPS) is 11.9. The molecule has 1 heterocycles. The van der Waals surface area contributed by atoms with E-state index in [0.29, 0.717) is 22.4 Å². The predicted octanol–water partition coefficient (Wildman–Crippen LogP) is 7.10. The lowest BCUT2D eigenvalue weighted by molar-refractivity contribution is 0.0977. The highest BCUT2D eigenvalue weighted by Crippen LogP contribution is 2.28. The molecule has 0 saturated heterocycles. The van der Waals surface area contributed by atoms with Gasteiger partial charge in [-0.05, 0) is 91.1 Å². The van der Waals surface area contributed by atoms with Gasteiger partial charge in [0.05, 0.1) is 0 Å². The number of carbonyl (C=O) groups is 1. The van der Waals surface area contributed by atoms with Crippen molar-refractivity contribution in [1.29, 1.82) is 0 Å². The van der Waals surface area contributed by atoms with Crippen LogP contribution >= 0.6 is 23.8 Å². The highest BCUT2D eigenvalue weighted by molar-refractivity contribution is 7.80. The Bertz CT molecular complexity index is 1330. The molecule has 5 nitrogen and oxygen atoms in total. The number of oxazole rings is 1. The van der Waals surface area contributed by atoms with Gasteiger partial charge in [0, 0.05) is 21.8 Å². The van der Waals surface area contributed by atoms with E-state index < -0.39 is 0 Å². The zero-order valence-electron chi connectivity index (χ0n) is 18.6.